The molecule has 0 bridgehead atoms. The highest BCUT2D eigenvalue weighted by Gasteiger charge is 2.24. The van der Waals surface area contributed by atoms with E-state index in [0.29, 0.717) is 41.6 Å². The molecule has 0 aliphatic carbocycles. The zero-order valence-corrected chi connectivity index (χ0v) is 15.7. The molecule has 0 amide bonds. The fraction of sp³-hybridized carbons (Fsp3) is 0.571. The van der Waals surface area contributed by atoms with Crippen LogP contribution in [0.15, 0.2) is 21.5 Å². The normalized spacial score (nSPS) is 20.7. The first-order valence-electron chi connectivity index (χ1n) is 7.36. The summed E-state index contributed by atoms with van der Waals surface area (Å²) in [6.07, 6.45) is 2.12. The van der Waals surface area contributed by atoms with Crippen molar-refractivity contribution in [2.45, 2.75) is 17.7 Å². The number of piperidine rings is 1. The topological polar surface area (TPSA) is 76.7 Å². The van der Waals surface area contributed by atoms with Gasteiger partial charge >= 0.3 is 0 Å². The smallest absolute Gasteiger partial charge is 0.241 e. The Morgan fingerprint density at radius 1 is 1.26 bits per heavy atom. The Balaban J connectivity index is 0.00000192. The van der Waals surface area contributed by atoms with Crippen molar-refractivity contribution in [2.75, 3.05) is 32.8 Å². The van der Waals surface area contributed by atoms with Gasteiger partial charge in [-0.1, -0.05) is 0 Å². The molecule has 2 aliphatic rings. The third-order valence-electron chi connectivity index (χ3n) is 3.85. The fourth-order valence-corrected chi connectivity index (χ4v) is 4.80. The van der Waals surface area contributed by atoms with Crippen molar-refractivity contribution < 1.29 is 17.9 Å². The SMILES string of the molecule is Cl.O=S(=O)(NCC1CCCNC1)c1cc2c(cc1Br)OCCO2. The van der Waals surface area contributed by atoms with Crippen molar-refractivity contribution in [3.05, 3.63) is 16.6 Å². The lowest BCUT2D eigenvalue weighted by Crippen LogP contribution is -2.38. The molecule has 1 saturated heterocycles. The first-order chi connectivity index (χ1) is 10.6. The third-order valence-corrected chi connectivity index (χ3v) is 6.23. The number of benzene rings is 1. The molecule has 9 heteroatoms. The Hall–Kier alpha value is -0.540. The third kappa shape index (κ3) is 4.51. The largest absolute Gasteiger partial charge is 0.486 e. The average Bonchev–Trinajstić information content (AvgIpc) is 2.53. The number of rotatable bonds is 4. The number of nitrogens with one attached hydrogen (secondary N) is 2. The van der Waals surface area contributed by atoms with Crippen LogP contribution in [0.2, 0.25) is 0 Å². The van der Waals surface area contributed by atoms with Gasteiger partial charge in [-0.15, -0.1) is 12.4 Å². The summed E-state index contributed by atoms with van der Waals surface area (Å²) in [7, 11) is -3.58. The van der Waals surface area contributed by atoms with E-state index in [1.807, 2.05) is 0 Å². The van der Waals surface area contributed by atoms with Crippen LogP contribution in [-0.4, -0.2) is 41.3 Å². The lowest BCUT2D eigenvalue weighted by molar-refractivity contribution is 0.171. The highest BCUT2D eigenvalue weighted by atomic mass is 79.9. The van der Waals surface area contributed by atoms with Crippen molar-refractivity contribution in [3.63, 3.8) is 0 Å². The minimum atomic E-state index is -3.58. The zero-order chi connectivity index (χ0) is 15.6. The summed E-state index contributed by atoms with van der Waals surface area (Å²) in [5, 5.41) is 3.28. The van der Waals surface area contributed by atoms with Crippen LogP contribution in [0.1, 0.15) is 12.8 Å². The van der Waals surface area contributed by atoms with Gasteiger partial charge in [-0.25, -0.2) is 13.1 Å². The molecule has 3 rings (SSSR count). The van der Waals surface area contributed by atoms with Crippen LogP contribution >= 0.6 is 28.3 Å². The Labute approximate surface area is 150 Å². The first kappa shape index (κ1) is 18.8. The molecule has 2 aliphatic heterocycles. The lowest BCUT2D eigenvalue weighted by atomic mass is 10.0. The summed E-state index contributed by atoms with van der Waals surface area (Å²) in [6.45, 7) is 3.20. The van der Waals surface area contributed by atoms with E-state index in [2.05, 4.69) is 26.0 Å². The number of hydrogen-bond donors (Lipinski definition) is 2. The van der Waals surface area contributed by atoms with Gasteiger partial charge in [-0.3, -0.25) is 0 Å². The molecule has 23 heavy (non-hydrogen) atoms. The minimum absolute atomic E-state index is 0. The predicted molar refractivity (Wildman–Crippen MR) is 93.2 cm³/mol. The Morgan fingerprint density at radius 3 is 2.61 bits per heavy atom. The molecule has 1 aromatic rings. The van der Waals surface area contributed by atoms with E-state index >= 15 is 0 Å². The Morgan fingerprint density at radius 2 is 1.96 bits per heavy atom. The maximum absolute atomic E-state index is 12.5. The number of halogens is 2. The molecule has 1 aromatic carbocycles. The molecule has 2 N–H and O–H groups in total. The van der Waals surface area contributed by atoms with E-state index in [1.54, 1.807) is 6.07 Å². The van der Waals surface area contributed by atoms with Crippen LogP contribution in [0.5, 0.6) is 11.5 Å². The van der Waals surface area contributed by atoms with Crippen LogP contribution in [0, 0.1) is 5.92 Å². The maximum Gasteiger partial charge on any atom is 0.241 e. The summed E-state index contributed by atoms with van der Waals surface area (Å²) < 4.78 is 39.1. The molecule has 130 valence electrons. The second-order valence-electron chi connectivity index (χ2n) is 5.49. The number of hydrogen-bond acceptors (Lipinski definition) is 5. The lowest BCUT2D eigenvalue weighted by Gasteiger charge is -2.23. The predicted octanol–water partition coefficient (Wildman–Crippen LogP) is 1.92. The summed E-state index contributed by atoms with van der Waals surface area (Å²) in [5.74, 6) is 1.36. The Kier molecular flexibility index (Phi) is 6.56. The molecule has 1 fully saturated rings. The molecule has 0 aromatic heterocycles. The minimum Gasteiger partial charge on any atom is -0.486 e. The van der Waals surface area contributed by atoms with E-state index in [1.165, 1.54) is 6.07 Å². The molecule has 6 nitrogen and oxygen atoms in total. The van der Waals surface area contributed by atoms with Gasteiger partial charge in [0.05, 0.1) is 0 Å². The molecule has 1 atom stereocenters. The summed E-state index contributed by atoms with van der Waals surface area (Å²) in [5.41, 5.74) is 0. The van der Waals surface area contributed by atoms with Gasteiger partial charge in [0, 0.05) is 17.1 Å². The van der Waals surface area contributed by atoms with Crippen molar-refractivity contribution in [3.8, 4) is 11.5 Å². The van der Waals surface area contributed by atoms with E-state index in [4.69, 9.17) is 9.47 Å². The van der Waals surface area contributed by atoms with Crippen molar-refractivity contribution in [1.82, 2.24) is 10.0 Å². The van der Waals surface area contributed by atoms with Crippen LogP contribution < -0.4 is 19.5 Å². The molecule has 1 unspecified atom stereocenters. The van der Waals surface area contributed by atoms with Crippen LogP contribution in [0.3, 0.4) is 0 Å². The van der Waals surface area contributed by atoms with Gasteiger partial charge in [0.1, 0.15) is 18.1 Å². The Bertz CT molecular complexity index is 650. The highest BCUT2D eigenvalue weighted by molar-refractivity contribution is 9.10. The first-order valence-corrected chi connectivity index (χ1v) is 9.63. The molecule has 2 heterocycles. The molecule has 0 radical (unpaired) electrons. The molecular weight excluding hydrogens is 408 g/mol. The summed E-state index contributed by atoms with van der Waals surface area (Å²) >= 11 is 3.31. The van der Waals surface area contributed by atoms with Crippen molar-refractivity contribution in [2.24, 2.45) is 5.92 Å². The second kappa shape index (κ2) is 8.02. The number of fused-ring (bicyclic) bond motifs is 1. The number of ether oxygens (including phenoxy) is 2. The fourth-order valence-electron chi connectivity index (χ4n) is 2.65. The number of sulfonamides is 1. The van der Waals surface area contributed by atoms with Gasteiger partial charge in [-0.05, 0) is 53.8 Å². The van der Waals surface area contributed by atoms with Gasteiger partial charge in [0.2, 0.25) is 10.0 Å². The van der Waals surface area contributed by atoms with Crippen LogP contribution in [0.4, 0.5) is 0 Å². The molecular formula is C14H20BrClN2O4S. The van der Waals surface area contributed by atoms with Gasteiger partial charge in [0.25, 0.3) is 0 Å². The highest BCUT2D eigenvalue weighted by Crippen LogP contribution is 2.37. The monoisotopic (exact) mass is 426 g/mol. The summed E-state index contributed by atoms with van der Waals surface area (Å²) in [6, 6.07) is 3.16. The van der Waals surface area contributed by atoms with Crippen molar-refractivity contribution >= 4 is 38.4 Å². The standard InChI is InChI=1S/C14H19BrN2O4S.ClH/c15-11-6-12-13(21-5-4-20-12)7-14(11)22(18,19)17-9-10-2-1-3-16-8-10;/h6-7,10,16-17H,1-5,8-9H2;1H. The second-order valence-corrected chi connectivity index (χ2v) is 8.08. The average molecular weight is 428 g/mol. The van der Waals surface area contributed by atoms with Gasteiger partial charge in [-0.2, -0.15) is 0 Å². The maximum atomic E-state index is 12.5. The van der Waals surface area contributed by atoms with E-state index in [0.717, 1.165) is 25.9 Å². The van der Waals surface area contributed by atoms with Gasteiger partial charge < -0.3 is 14.8 Å². The summed E-state index contributed by atoms with van der Waals surface area (Å²) in [4.78, 5) is 0.181. The molecule has 0 spiro atoms. The van der Waals surface area contributed by atoms with E-state index in [9.17, 15) is 8.42 Å². The quantitative estimate of drug-likeness (QED) is 0.768. The zero-order valence-electron chi connectivity index (χ0n) is 12.5. The van der Waals surface area contributed by atoms with E-state index in [-0.39, 0.29) is 17.3 Å². The van der Waals surface area contributed by atoms with Crippen LogP contribution in [-0.2, 0) is 10.0 Å². The molecule has 0 saturated carbocycles. The van der Waals surface area contributed by atoms with Crippen LogP contribution in [0.25, 0.3) is 0 Å². The van der Waals surface area contributed by atoms with E-state index < -0.39 is 10.0 Å². The van der Waals surface area contributed by atoms with Gasteiger partial charge in [0.15, 0.2) is 11.5 Å². The van der Waals surface area contributed by atoms with Crippen molar-refractivity contribution in [1.29, 1.82) is 0 Å².